The standard InChI is InChI=1S/C16H14BrNO/c1-11(19)12-6-7-16(15(17)8-12)18-9-13-4-2-3-5-14(13)10-18/h2-8H,9-10H2,1H3. The molecule has 3 heteroatoms. The van der Waals surface area contributed by atoms with E-state index in [-0.39, 0.29) is 5.78 Å². The molecule has 96 valence electrons. The first-order valence-corrected chi connectivity index (χ1v) is 7.06. The SMILES string of the molecule is CC(=O)c1ccc(N2Cc3ccccc3C2)c(Br)c1. The van der Waals surface area contributed by atoms with E-state index >= 15 is 0 Å². The van der Waals surface area contributed by atoms with Gasteiger partial charge in [-0.1, -0.05) is 24.3 Å². The number of ketones is 1. The van der Waals surface area contributed by atoms with Crippen LogP contribution >= 0.6 is 15.9 Å². The maximum Gasteiger partial charge on any atom is 0.159 e. The molecule has 0 aromatic heterocycles. The summed E-state index contributed by atoms with van der Waals surface area (Å²) in [7, 11) is 0. The predicted molar refractivity (Wildman–Crippen MR) is 80.5 cm³/mol. The van der Waals surface area contributed by atoms with Crippen molar-refractivity contribution in [3.05, 3.63) is 63.6 Å². The summed E-state index contributed by atoms with van der Waals surface area (Å²) in [5.74, 6) is 0.0944. The average molecular weight is 316 g/mol. The summed E-state index contributed by atoms with van der Waals surface area (Å²) in [4.78, 5) is 13.7. The molecule has 0 saturated carbocycles. The lowest BCUT2D eigenvalue weighted by molar-refractivity contribution is 0.101. The van der Waals surface area contributed by atoms with Gasteiger partial charge in [0.25, 0.3) is 0 Å². The summed E-state index contributed by atoms with van der Waals surface area (Å²) in [6.07, 6.45) is 0. The molecule has 2 nitrogen and oxygen atoms in total. The highest BCUT2D eigenvalue weighted by Crippen LogP contribution is 2.33. The molecule has 1 aliphatic heterocycles. The van der Waals surface area contributed by atoms with Crippen molar-refractivity contribution in [2.75, 3.05) is 4.90 Å². The van der Waals surface area contributed by atoms with Gasteiger partial charge >= 0.3 is 0 Å². The predicted octanol–water partition coefficient (Wildman–Crippen LogP) is 4.17. The molecule has 1 heterocycles. The lowest BCUT2D eigenvalue weighted by Gasteiger charge is -2.19. The average Bonchev–Trinajstić information content (AvgIpc) is 2.81. The van der Waals surface area contributed by atoms with Crippen LogP contribution in [-0.4, -0.2) is 5.78 Å². The minimum Gasteiger partial charge on any atom is -0.362 e. The number of carbonyl (C=O) groups excluding carboxylic acids is 1. The number of nitrogens with zero attached hydrogens (tertiary/aromatic N) is 1. The Labute approximate surface area is 121 Å². The fraction of sp³-hybridized carbons (Fsp3) is 0.188. The van der Waals surface area contributed by atoms with E-state index < -0.39 is 0 Å². The van der Waals surface area contributed by atoms with Crippen LogP contribution in [0.1, 0.15) is 28.4 Å². The maximum atomic E-state index is 11.4. The summed E-state index contributed by atoms with van der Waals surface area (Å²) in [5.41, 5.74) is 4.64. The summed E-state index contributed by atoms with van der Waals surface area (Å²) in [6.45, 7) is 3.44. The van der Waals surface area contributed by atoms with Gasteiger partial charge in [0.05, 0.1) is 5.69 Å². The minimum absolute atomic E-state index is 0.0944. The number of hydrogen-bond acceptors (Lipinski definition) is 2. The molecule has 0 N–H and O–H groups in total. The highest BCUT2D eigenvalue weighted by atomic mass is 79.9. The number of Topliss-reactive ketones (excluding diaryl/α,β-unsaturated/α-hetero) is 1. The first-order chi connectivity index (χ1) is 9.15. The third-order valence-corrected chi connectivity index (χ3v) is 4.17. The largest absolute Gasteiger partial charge is 0.362 e. The fourth-order valence-electron chi connectivity index (χ4n) is 2.49. The zero-order valence-electron chi connectivity index (χ0n) is 10.7. The first kappa shape index (κ1) is 12.4. The molecule has 0 atom stereocenters. The monoisotopic (exact) mass is 315 g/mol. The third-order valence-electron chi connectivity index (χ3n) is 3.54. The van der Waals surface area contributed by atoms with Gasteiger partial charge in [0.15, 0.2) is 5.78 Å². The van der Waals surface area contributed by atoms with Crippen molar-refractivity contribution in [2.45, 2.75) is 20.0 Å². The Bertz CT molecular complexity index is 626. The number of hydrogen-bond donors (Lipinski definition) is 0. The summed E-state index contributed by atoms with van der Waals surface area (Å²) < 4.78 is 0.980. The van der Waals surface area contributed by atoms with E-state index in [9.17, 15) is 4.79 Å². The van der Waals surface area contributed by atoms with E-state index in [1.807, 2.05) is 18.2 Å². The lowest BCUT2D eigenvalue weighted by Crippen LogP contribution is -2.15. The quantitative estimate of drug-likeness (QED) is 0.775. The van der Waals surface area contributed by atoms with Crippen LogP contribution in [0.3, 0.4) is 0 Å². The molecule has 0 aliphatic carbocycles. The van der Waals surface area contributed by atoms with E-state index in [1.54, 1.807) is 6.92 Å². The molecule has 1 aliphatic rings. The minimum atomic E-state index is 0.0944. The first-order valence-electron chi connectivity index (χ1n) is 6.27. The number of anilines is 1. The van der Waals surface area contributed by atoms with Crippen LogP contribution in [0.5, 0.6) is 0 Å². The molecule has 2 aromatic carbocycles. The highest BCUT2D eigenvalue weighted by molar-refractivity contribution is 9.10. The molecule has 0 amide bonds. The second-order valence-corrected chi connectivity index (χ2v) is 5.70. The van der Waals surface area contributed by atoms with Gasteiger partial charge in [0, 0.05) is 23.1 Å². The highest BCUT2D eigenvalue weighted by Gasteiger charge is 2.20. The van der Waals surface area contributed by atoms with Crippen molar-refractivity contribution >= 4 is 27.4 Å². The second kappa shape index (κ2) is 4.82. The maximum absolute atomic E-state index is 11.4. The van der Waals surface area contributed by atoms with Crippen molar-refractivity contribution in [3.63, 3.8) is 0 Å². The van der Waals surface area contributed by atoms with E-state index in [1.165, 1.54) is 11.1 Å². The molecule has 19 heavy (non-hydrogen) atoms. The molecular weight excluding hydrogens is 302 g/mol. The number of halogens is 1. The van der Waals surface area contributed by atoms with Crippen molar-refractivity contribution in [2.24, 2.45) is 0 Å². The van der Waals surface area contributed by atoms with Gasteiger partial charge in [-0.05, 0) is 52.2 Å². The van der Waals surface area contributed by atoms with E-state index in [0.717, 1.165) is 28.8 Å². The van der Waals surface area contributed by atoms with Gasteiger partial charge in [-0.3, -0.25) is 4.79 Å². The van der Waals surface area contributed by atoms with Crippen LogP contribution < -0.4 is 4.90 Å². The van der Waals surface area contributed by atoms with Gasteiger partial charge in [0.1, 0.15) is 0 Å². The lowest BCUT2D eigenvalue weighted by atomic mass is 10.1. The van der Waals surface area contributed by atoms with Gasteiger partial charge in [-0.2, -0.15) is 0 Å². The second-order valence-electron chi connectivity index (χ2n) is 4.85. The van der Waals surface area contributed by atoms with Crippen molar-refractivity contribution in [1.82, 2.24) is 0 Å². The molecule has 0 spiro atoms. The van der Waals surface area contributed by atoms with E-state index in [4.69, 9.17) is 0 Å². The van der Waals surface area contributed by atoms with E-state index in [2.05, 4.69) is 45.1 Å². The topological polar surface area (TPSA) is 20.3 Å². The smallest absolute Gasteiger partial charge is 0.159 e. The Morgan fingerprint density at radius 3 is 2.26 bits per heavy atom. The number of rotatable bonds is 2. The van der Waals surface area contributed by atoms with Crippen LogP contribution in [0.25, 0.3) is 0 Å². The fourth-order valence-corrected chi connectivity index (χ4v) is 3.12. The summed E-state index contributed by atoms with van der Waals surface area (Å²) in [5, 5.41) is 0. The summed E-state index contributed by atoms with van der Waals surface area (Å²) in [6, 6.07) is 14.3. The molecule has 0 radical (unpaired) electrons. The Morgan fingerprint density at radius 2 is 1.74 bits per heavy atom. The molecular formula is C16H14BrNO. The van der Waals surface area contributed by atoms with Crippen LogP contribution in [0.15, 0.2) is 46.9 Å². The van der Waals surface area contributed by atoms with Gasteiger partial charge in [0.2, 0.25) is 0 Å². The van der Waals surface area contributed by atoms with Crippen LogP contribution in [-0.2, 0) is 13.1 Å². The van der Waals surface area contributed by atoms with Crippen molar-refractivity contribution in [3.8, 4) is 0 Å². The van der Waals surface area contributed by atoms with Crippen molar-refractivity contribution in [1.29, 1.82) is 0 Å². The Balaban J connectivity index is 1.91. The summed E-state index contributed by atoms with van der Waals surface area (Å²) >= 11 is 3.58. The Kier molecular flexibility index (Phi) is 3.15. The molecule has 0 fully saturated rings. The number of carbonyl (C=O) groups is 1. The van der Waals surface area contributed by atoms with Crippen LogP contribution in [0.2, 0.25) is 0 Å². The van der Waals surface area contributed by atoms with Crippen LogP contribution in [0.4, 0.5) is 5.69 Å². The normalized spacial score (nSPS) is 13.5. The van der Waals surface area contributed by atoms with E-state index in [0.29, 0.717) is 0 Å². The number of benzene rings is 2. The van der Waals surface area contributed by atoms with Crippen LogP contribution in [0, 0.1) is 0 Å². The zero-order chi connectivity index (χ0) is 13.4. The van der Waals surface area contributed by atoms with Gasteiger partial charge in [-0.25, -0.2) is 0 Å². The molecule has 0 bridgehead atoms. The van der Waals surface area contributed by atoms with Crippen molar-refractivity contribution < 1.29 is 4.79 Å². The van der Waals surface area contributed by atoms with Gasteiger partial charge < -0.3 is 4.90 Å². The molecule has 3 rings (SSSR count). The Hall–Kier alpha value is -1.61. The Morgan fingerprint density at radius 1 is 1.11 bits per heavy atom. The molecule has 0 saturated heterocycles. The van der Waals surface area contributed by atoms with Gasteiger partial charge in [-0.15, -0.1) is 0 Å². The molecule has 0 unspecified atom stereocenters. The third kappa shape index (κ3) is 2.30. The zero-order valence-corrected chi connectivity index (χ0v) is 12.3. The molecule has 2 aromatic rings. The number of fused-ring (bicyclic) bond motifs is 1.